The third-order valence-electron chi connectivity index (χ3n) is 4.27. The van der Waals surface area contributed by atoms with Crippen molar-refractivity contribution in [2.24, 2.45) is 0 Å². The second kappa shape index (κ2) is 5.85. The molecule has 0 radical (unpaired) electrons. The number of aryl methyl sites for hydroxylation is 1. The quantitative estimate of drug-likeness (QED) is 0.902. The van der Waals surface area contributed by atoms with E-state index in [1.807, 2.05) is 13.0 Å². The SMILES string of the molecule is Cc1noc2nc(C3CC3)cc(C(=O)NC3CCNC3)c12.Cl. The smallest absolute Gasteiger partial charge is 0.259 e. The molecule has 1 atom stereocenters. The molecule has 2 aromatic rings. The van der Waals surface area contributed by atoms with Crippen LogP contribution in [0.25, 0.3) is 11.1 Å². The van der Waals surface area contributed by atoms with E-state index in [1.165, 1.54) is 0 Å². The molecule has 1 aliphatic heterocycles. The zero-order valence-corrected chi connectivity index (χ0v) is 13.2. The molecule has 2 fully saturated rings. The number of hydrogen-bond acceptors (Lipinski definition) is 5. The zero-order valence-electron chi connectivity index (χ0n) is 12.4. The summed E-state index contributed by atoms with van der Waals surface area (Å²) in [6.07, 6.45) is 3.25. The Balaban J connectivity index is 0.00000144. The highest BCUT2D eigenvalue weighted by Crippen LogP contribution is 2.40. The van der Waals surface area contributed by atoms with Crippen molar-refractivity contribution < 1.29 is 9.32 Å². The molecule has 0 aromatic carbocycles. The summed E-state index contributed by atoms with van der Waals surface area (Å²) in [5.74, 6) is 0.420. The summed E-state index contributed by atoms with van der Waals surface area (Å²) < 4.78 is 5.27. The Hall–Kier alpha value is -1.66. The van der Waals surface area contributed by atoms with Crippen molar-refractivity contribution in [2.75, 3.05) is 13.1 Å². The standard InChI is InChI=1S/C15H18N4O2.ClH/c1-8-13-11(14(20)17-10-4-5-16-7-10)6-12(9-2-3-9)18-15(13)21-19-8;/h6,9-10,16H,2-5,7H2,1H3,(H,17,20);1H. The van der Waals surface area contributed by atoms with E-state index in [0.29, 0.717) is 17.2 Å². The van der Waals surface area contributed by atoms with Gasteiger partial charge in [0.15, 0.2) is 0 Å². The fourth-order valence-electron chi connectivity index (χ4n) is 2.92. The van der Waals surface area contributed by atoms with E-state index < -0.39 is 0 Å². The number of hydrogen-bond donors (Lipinski definition) is 2. The van der Waals surface area contributed by atoms with E-state index in [-0.39, 0.29) is 24.4 Å². The Morgan fingerprint density at radius 3 is 2.91 bits per heavy atom. The van der Waals surface area contributed by atoms with Gasteiger partial charge in [-0.2, -0.15) is 0 Å². The van der Waals surface area contributed by atoms with Crippen LogP contribution in [0, 0.1) is 6.92 Å². The largest absolute Gasteiger partial charge is 0.348 e. The van der Waals surface area contributed by atoms with Gasteiger partial charge < -0.3 is 15.2 Å². The fourth-order valence-corrected chi connectivity index (χ4v) is 2.92. The number of halogens is 1. The van der Waals surface area contributed by atoms with E-state index in [2.05, 4.69) is 20.8 Å². The van der Waals surface area contributed by atoms with Crippen molar-refractivity contribution in [2.45, 2.75) is 38.1 Å². The summed E-state index contributed by atoms with van der Waals surface area (Å²) in [6, 6.07) is 2.12. The van der Waals surface area contributed by atoms with Gasteiger partial charge in [0.2, 0.25) is 0 Å². The molecule has 3 heterocycles. The molecule has 22 heavy (non-hydrogen) atoms. The van der Waals surface area contributed by atoms with Crippen LogP contribution in [0.3, 0.4) is 0 Å². The molecular weight excluding hydrogens is 304 g/mol. The molecule has 6 nitrogen and oxygen atoms in total. The molecule has 4 rings (SSSR count). The zero-order chi connectivity index (χ0) is 14.4. The van der Waals surface area contributed by atoms with Gasteiger partial charge in [-0.15, -0.1) is 12.4 Å². The highest BCUT2D eigenvalue weighted by atomic mass is 35.5. The third-order valence-corrected chi connectivity index (χ3v) is 4.27. The molecule has 1 saturated carbocycles. The van der Waals surface area contributed by atoms with Crippen LogP contribution in [0.5, 0.6) is 0 Å². The second-order valence-electron chi connectivity index (χ2n) is 5.98. The monoisotopic (exact) mass is 322 g/mol. The number of carbonyl (C=O) groups is 1. The van der Waals surface area contributed by atoms with Crippen molar-refractivity contribution in [3.05, 3.63) is 23.0 Å². The lowest BCUT2D eigenvalue weighted by molar-refractivity contribution is 0.0941. The van der Waals surface area contributed by atoms with E-state index in [4.69, 9.17) is 4.52 Å². The van der Waals surface area contributed by atoms with Crippen molar-refractivity contribution in [1.29, 1.82) is 0 Å². The number of pyridine rings is 1. The number of rotatable bonds is 3. The van der Waals surface area contributed by atoms with Crippen LogP contribution in [0.2, 0.25) is 0 Å². The van der Waals surface area contributed by atoms with Crippen molar-refractivity contribution >= 4 is 29.4 Å². The topological polar surface area (TPSA) is 80.0 Å². The fraction of sp³-hybridized carbons (Fsp3) is 0.533. The van der Waals surface area contributed by atoms with E-state index in [9.17, 15) is 4.79 Å². The molecule has 7 heteroatoms. The van der Waals surface area contributed by atoms with Gasteiger partial charge in [0.05, 0.1) is 16.6 Å². The summed E-state index contributed by atoms with van der Waals surface area (Å²) in [6.45, 7) is 3.63. The van der Waals surface area contributed by atoms with Crippen LogP contribution >= 0.6 is 12.4 Å². The molecule has 1 unspecified atom stereocenters. The van der Waals surface area contributed by atoms with Gasteiger partial charge >= 0.3 is 0 Å². The highest BCUT2D eigenvalue weighted by molar-refractivity contribution is 6.06. The first-order chi connectivity index (χ1) is 10.2. The summed E-state index contributed by atoms with van der Waals surface area (Å²) >= 11 is 0. The average Bonchev–Trinajstić information content (AvgIpc) is 3.10. The number of nitrogens with zero attached hydrogens (tertiary/aromatic N) is 2. The minimum atomic E-state index is -0.0516. The Labute approximate surface area is 134 Å². The highest BCUT2D eigenvalue weighted by Gasteiger charge is 2.29. The van der Waals surface area contributed by atoms with Crippen LogP contribution in [0.1, 0.15) is 46.9 Å². The second-order valence-corrected chi connectivity index (χ2v) is 5.98. The predicted molar refractivity (Wildman–Crippen MR) is 84.5 cm³/mol. The van der Waals surface area contributed by atoms with Crippen LogP contribution in [-0.2, 0) is 0 Å². The lowest BCUT2D eigenvalue weighted by Crippen LogP contribution is -2.36. The summed E-state index contributed by atoms with van der Waals surface area (Å²) in [7, 11) is 0. The van der Waals surface area contributed by atoms with Crippen molar-refractivity contribution in [1.82, 2.24) is 20.8 Å². The maximum atomic E-state index is 12.6. The molecule has 2 N–H and O–H groups in total. The predicted octanol–water partition coefficient (Wildman–Crippen LogP) is 1.92. The number of carbonyl (C=O) groups excluding carboxylic acids is 1. The first kappa shape index (κ1) is 15.2. The van der Waals surface area contributed by atoms with Crippen molar-refractivity contribution in [3.63, 3.8) is 0 Å². The van der Waals surface area contributed by atoms with Gasteiger partial charge in [0.25, 0.3) is 11.6 Å². The number of amides is 1. The summed E-state index contributed by atoms with van der Waals surface area (Å²) in [5, 5.41) is 11.0. The molecule has 1 amide bonds. The lowest BCUT2D eigenvalue weighted by Gasteiger charge is -2.12. The molecular formula is C15H19ClN4O2. The van der Waals surface area contributed by atoms with Crippen molar-refractivity contribution in [3.8, 4) is 0 Å². The van der Waals surface area contributed by atoms with Gasteiger partial charge in [-0.1, -0.05) is 5.16 Å². The first-order valence-corrected chi connectivity index (χ1v) is 7.51. The molecule has 1 aliphatic carbocycles. The van der Waals surface area contributed by atoms with E-state index in [1.54, 1.807) is 0 Å². The van der Waals surface area contributed by atoms with Gasteiger partial charge in [-0.25, -0.2) is 4.98 Å². The van der Waals surface area contributed by atoms with Gasteiger partial charge in [-0.3, -0.25) is 4.79 Å². The Morgan fingerprint density at radius 2 is 2.23 bits per heavy atom. The number of nitrogens with one attached hydrogen (secondary N) is 2. The average molecular weight is 323 g/mol. The summed E-state index contributed by atoms with van der Waals surface area (Å²) in [4.78, 5) is 17.1. The molecule has 1 saturated heterocycles. The van der Waals surface area contributed by atoms with Crippen LogP contribution in [0.15, 0.2) is 10.6 Å². The molecule has 2 aliphatic rings. The number of fused-ring (bicyclic) bond motifs is 1. The van der Waals surface area contributed by atoms with Gasteiger partial charge in [0, 0.05) is 24.2 Å². The third kappa shape index (κ3) is 2.68. The summed E-state index contributed by atoms with van der Waals surface area (Å²) in [5.41, 5.74) is 2.79. The van der Waals surface area contributed by atoms with Gasteiger partial charge in [0.1, 0.15) is 0 Å². The van der Waals surface area contributed by atoms with Crippen LogP contribution in [-0.4, -0.2) is 35.2 Å². The normalized spacial score (nSPS) is 20.9. The Kier molecular flexibility index (Phi) is 4.06. The number of aromatic nitrogens is 2. The van der Waals surface area contributed by atoms with E-state index >= 15 is 0 Å². The first-order valence-electron chi connectivity index (χ1n) is 7.51. The van der Waals surface area contributed by atoms with Crippen LogP contribution < -0.4 is 10.6 Å². The maximum absolute atomic E-state index is 12.6. The minimum Gasteiger partial charge on any atom is -0.348 e. The maximum Gasteiger partial charge on any atom is 0.259 e. The Bertz CT molecular complexity index is 705. The van der Waals surface area contributed by atoms with Crippen LogP contribution in [0.4, 0.5) is 0 Å². The molecule has 0 bridgehead atoms. The molecule has 2 aromatic heterocycles. The molecule has 118 valence electrons. The minimum absolute atomic E-state index is 0. The molecule has 0 spiro atoms. The van der Waals surface area contributed by atoms with E-state index in [0.717, 1.165) is 49.1 Å². The lowest BCUT2D eigenvalue weighted by atomic mass is 10.1. The van der Waals surface area contributed by atoms with Gasteiger partial charge in [-0.05, 0) is 38.8 Å². The Morgan fingerprint density at radius 1 is 1.41 bits per heavy atom.